The summed E-state index contributed by atoms with van der Waals surface area (Å²) in [6.45, 7) is 9.34. The molecule has 0 saturated carbocycles. The third-order valence-corrected chi connectivity index (χ3v) is 3.85. The summed E-state index contributed by atoms with van der Waals surface area (Å²) in [7, 11) is 0. The van der Waals surface area contributed by atoms with Gasteiger partial charge in [0.2, 0.25) is 12.1 Å². The average molecular weight is 347 g/mol. The molecule has 1 rings (SSSR count). The van der Waals surface area contributed by atoms with E-state index in [1.165, 1.54) is 0 Å². The summed E-state index contributed by atoms with van der Waals surface area (Å²) >= 11 is 18.2. The molecule has 1 heterocycles. The van der Waals surface area contributed by atoms with Gasteiger partial charge in [0.25, 0.3) is 3.79 Å². The largest absolute Gasteiger partial charge is 0.364 e. The number of rotatable bonds is 4. The number of carbonyl (C=O) groups excluding carboxylic acids is 1. The highest BCUT2D eigenvalue weighted by Crippen LogP contribution is 2.28. The number of carbonyl (C=O) groups is 1. The van der Waals surface area contributed by atoms with Crippen LogP contribution in [0.2, 0.25) is 0 Å². The lowest BCUT2D eigenvalue weighted by atomic mass is 10.1. The van der Waals surface area contributed by atoms with Gasteiger partial charge in [-0.25, -0.2) is 0 Å². The number of morpholine rings is 1. The minimum atomic E-state index is -1.54. The monoisotopic (exact) mass is 345 g/mol. The Balaban J connectivity index is 2.76. The summed E-state index contributed by atoms with van der Waals surface area (Å²) in [4.78, 5) is 13.0. The lowest BCUT2D eigenvalue weighted by molar-refractivity contribution is -0.941. The van der Waals surface area contributed by atoms with Gasteiger partial charge in [0.15, 0.2) is 0 Å². The van der Waals surface area contributed by atoms with E-state index < -0.39 is 9.96 Å². The third-order valence-electron chi connectivity index (χ3n) is 3.20. The standard InChI is InChI=1S/C13H23Cl3N2O2/c1-8(2)5-11(19)17-12(13(14,15)16)18-6-9(3)20-10(4)7-18/h8-10,12H,5-7H2,1-4H3,(H,17,19)/p+1/t9-,10+,12-/m0/s1. The van der Waals surface area contributed by atoms with E-state index in [0.717, 1.165) is 4.90 Å². The highest BCUT2D eigenvalue weighted by atomic mass is 35.6. The predicted octanol–water partition coefficient (Wildman–Crippen LogP) is 1.54. The number of alkyl halides is 3. The maximum atomic E-state index is 12.0. The van der Waals surface area contributed by atoms with Gasteiger partial charge in [-0.1, -0.05) is 48.7 Å². The van der Waals surface area contributed by atoms with E-state index in [4.69, 9.17) is 39.5 Å². The van der Waals surface area contributed by atoms with E-state index in [2.05, 4.69) is 5.32 Å². The lowest BCUT2D eigenvalue weighted by Crippen LogP contribution is -3.22. The van der Waals surface area contributed by atoms with Gasteiger partial charge >= 0.3 is 0 Å². The molecular formula is C13H24Cl3N2O2+. The van der Waals surface area contributed by atoms with Crippen LogP contribution in [0.15, 0.2) is 0 Å². The molecule has 1 fully saturated rings. The number of nitrogens with one attached hydrogen (secondary N) is 2. The molecule has 1 saturated heterocycles. The van der Waals surface area contributed by atoms with Crippen LogP contribution in [0.5, 0.6) is 0 Å². The van der Waals surface area contributed by atoms with Crippen LogP contribution in [0.1, 0.15) is 34.1 Å². The van der Waals surface area contributed by atoms with E-state index in [1.54, 1.807) is 0 Å². The number of ether oxygens (including phenoxy) is 1. The van der Waals surface area contributed by atoms with Crippen LogP contribution in [0, 0.1) is 5.92 Å². The van der Waals surface area contributed by atoms with Gasteiger partial charge in [-0.05, 0) is 19.8 Å². The molecule has 4 atom stereocenters. The smallest absolute Gasteiger partial charge is 0.262 e. The summed E-state index contributed by atoms with van der Waals surface area (Å²) in [6, 6.07) is 0. The van der Waals surface area contributed by atoms with Gasteiger partial charge in [-0.2, -0.15) is 0 Å². The van der Waals surface area contributed by atoms with Crippen molar-refractivity contribution in [1.29, 1.82) is 0 Å². The third kappa shape index (κ3) is 5.94. The minimum absolute atomic E-state index is 0.0746. The Morgan fingerprint density at radius 3 is 2.20 bits per heavy atom. The molecule has 1 aliphatic rings. The van der Waals surface area contributed by atoms with Gasteiger partial charge in [-0.3, -0.25) is 4.79 Å². The van der Waals surface area contributed by atoms with E-state index >= 15 is 0 Å². The normalized spacial score (nSPS) is 29.3. The molecule has 1 unspecified atom stereocenters. The van der Waals surface area contributed by atoms with Crippen molar-refractivity contribution in [2.24, 2.45) is 5.92 Å². The van der Waals surface area contributed by atoms with Gasteiger partial charge < -0.3 is 15.0 Å². The fraction of sp³-hybridized carbons (Fsp3) is 0.923. The molecule has 0 aromatic rings. The zero-order valence-electron chi connectivity index (χ0n) is 12.4. The molecule has 0 aliphatic carbocycles. The van der Waals surface area contributed by atoms with Crippen LogP contribution in [0.3, 0.4) is 0 Å². The lowest BCUT2D eigenvalue weighted by Gasteiger charge is -2.39. The molecule has 2 N–H and O–H groups in total. The van der Waals surface area contributed by atoms with Gasteiger partial charge in [0.1, 0.15) is 25.3 Å². The first-order valence-electron chi connectivity index (χ1n) is 6.95. The van der Waals surface area contributed by atoms with Gasteiger partial charge in [0.05, 0.1) is 0 Å². The topological polar surface area (TPSA) is 42.8 Å². The van der Waals surface area contributed by atoms with E-state index in [9.17, 15) is 4.79 Å². The molecule has 0 bridgehead atoms. The predicted molar refractivity (Wildman–Crippen MR) is 82.4 cm³/mol. The van der Waals surface area contributed by atoms with E-state index in [1.807, 2.05) is 27.7 Å². The fourth-order valence-electron chi connectivity index (χ4n) is 2.56. The van der Waals surface area contributed by atoms with Crippen molar-refractivity contribution < 1.29 is 14.4 Å². The molecule has 0 radical (unpaired) electrons. The summed E-state index contributed by atoms with van der Waals surface area (Å²) in [5.74, 6) is 0.180. The first-order valence-corrected chi connectivity index (χ1v) is 8.09. The average Bonchev–Trinajstić information content (AvgIpc) is 2.21. The summed E-state index contributed by atoms with van der Waals surface area (Å²) < 4.78 is 4.14. The molecule has 7 heteroatoms. The summed E-state index contributed by atoms with van der Waals surface area (Å²) in [6.07, 6.45) is 0.00956. The van der Waals surface area contributed by atoms with Crippen molar-refractivity contribution in [1.82, 2.24) is 5.32 Å². The first-order chi connectivity index (χ1) is 9.09. The number of amides is 1. The van der Waals surface area contributed by atoms with Crippen LogP contribution in [0.4, 0.5) is 0 Å². The molecule has 0 spiro atoms. The Morgan fingerprint density at radius 1 is 1.30 bits per heavy atom. The Kier molecular flexibility index (Phi) is 6.87. The highest BCUT2D eigenvalue weighted by molar-refractivity contribution is 6.68. The quantitative estimate of drug-likeness (QED) is 0.758. The van der Waals surface area contributed by atoms with E-state index in [0.29, 0.717) is 19.5 Å². The molecule has 118 valence electrons. The molecule has 0 aromatic carbocycles. The maximum absolute atomic E-state index is 12.0. The van der Waals surface area contributed by atoms with Crippen molar-refractivity contribution in [3.63, 3.8) is 0 Å². The Bertz CT molecular complexity index is 324. The van der Waals surface area contributed by atoms with Crippen LogP contribution in [-0.4, -0.2) is 41.2 Å². The number of hydrogen-bond acceptors (Lipinski definition) is 2. The Morgan fingerprint density at radius 2 is 1.80 bits per heavy atom. The highest BCUT2D eigenvalue weighted by Gasteiger charge is 2.44. The second kappa shape index (κ2) is 7.50. The van der Waals surface area contributed by atoms with Crippen molar-refractivity contribution in [2.45, 2.75) is 56.3 Å². The SMILES string of the molecule is CC(C)CC(=O)N[C@@H]([NH+]1C[C@@H](C)O[C@@H](C)C1)C(Cl)(Cl)Cl. The van der Waals surface area contributed by atoms with E-state index in [-0.39, 0.29) is 24.0 Å². The molecule has 1 amide bonds. The molecule has 20 heavy (non-hydrogen) atoms. The second-order valence-electron chi connectivity index (χ2n) is 5.96. The van der Waals surface area contributed by atoms with Gasteiger partial charge in [0, 0.05) is 6.42 Å². The van der Waals surface area contributed by atoms with Crippen LogP contribution < -0.4 is 10.2 Å². The first kappa shape index (κ1) is 18.3. The fourth-order valence-corrected chi connectivity index (χ4v) is 3.18. The number of quaternary nitrogens is 1. The minimum Gasteiger partial charge on any atom is -0.364 e. The maximum Gasteiger partial charge on any atom is 0.262 e. The second-order valence-corrected chi connectivity index (χ2v) is 8.33. The number of halogens is 3. The Hall–Kier alpha value is 0.260. The molecule has 1 aliphatic heterocycles. The zero-order valence-corrected chi connectivity index (χ0v) is 14.6. The van der Waals surface area contributed by atoms with Crippen LogP contribution >= 0.6 is 34.8 Å². The van der Waals surface area contributed by atoms with Crippen LogP contribution in [0.25, 0.3) is 0 Å². The van der Waals surface area contributed by atoms with Crippen molar-refractivity contribution in [2.75, 3.05) is 13.1 Å². The van der Waals surface area contributed by atoms with Crippen LogP contribution in [-0.2, 0) is 9.53 Å². The molecule has 0 aromatic heterocycles. The number of hydrogen-bond donors (Lipinski definition) is 2. The zero-order chi connectivity index (χ0) is 15.5. The summed E-state index contributed by atoms with van der Waals surface area (Å²) in [5.41, 5.74) is 0. The molecule has 4 nitrogen and oxygen atoms in total. The molecular weight excluding hydrogens is 323 g/mol. The van der Waals surface area contributed by atoms with Crippen molar-refractivity contribution >= 4 is 40.7 Å². The van der Waals surface area contributed by atoms with Crippen molar-refractivity contribution in [3.05, 3.63) is 0 Å². The Labute approximate surface area is 136 Å². The van der Waals surface area contributed by atoms with Crippen molar-refractivity contribution in [3.8, 4) is 0 Å². The summed E-state index contributed by atoms with van der Waals surface area (Å²) in [5, 5.41) is 2.87. The van der Waals surface area contributed by atoms with Gasteiger partial charge in [-0.15, -0.1) is 0 Å².